The zero-order chi connectivity index (χ0) is 42.6. The van der Waals surface area contributed by atoms with Gasteiger partial charge in [-0.15, -0.1) is 0 Å². The molecule has 0 fully saturated rings. The average Bonchev–Trinajstić information content (AvgIpc) is 2.74. The third-order valence-corrected chi connectivity index (χ3v) is 28.1. The van der Waals surface area contributed by atoms with Crippen molar-refractivity contribution >= 4 is 31.7 Å². The first kappa shape index (κ1) is 70.1. The van der Waals surface area contributed by atoms with E-state index in [1.807, 2.05) is 0 Å². The van der Waals surface area contributed by atoms with Crippen molar-refractivity contribution in [3.63, 3.8) is 0 Å². The summed E-state index contributed by atoms with van der Waals surface area (Å²) in [6.45, 7) is 80.6. The minimum absolute atomic E-state index is 0. The van der Waals surface area contributed by atoms with Crippen LogP contribution in [-0.2, 0) is 42.1 Å². The largest absolute Gasteiger partial charge is 0.539 e. The molecule has 0 aliphatic rings. The molecule has 316 valence electrons. The molecule has 0 aliphatic heterocycles. The fraction of sp³-hybridized carbons (Fsp3) is 0.895. The summed E-state index contributed by atoms with van der Waals surface area (Å²) in [5.74, 6) is 3.05. The molecule has 0 saturated heterocycles. The zero-order valence-electron chi connectivity index (χ0n) is 37.5. The maximum absolute atomic E-state index is 8.22. The summed E-state index contributed by atoms with van der Waals surface area (Å²) in [5, 5.41) is 40.6. The van der Waals surface area contributed by atoms with E-state index in [1.165, 1.54) is 21.8 Å². The van der Waals surface area contributed by atoms with E-state index in [1.54, 1.807) is 10.0 Å². The van der Waals surface area contributed by atoms with Crippen LogP contribution in [0.4, 0.5) is 0 Å². The van der Waals surface area contributed by atoms with Crippen LogP contribution < -0.4 is 0 Å². The molecule has 0 aliphatic carbocycles. The van der Waals surface area contributed by atoms with Gasteiger partial charge in [0, 0.05) is 73.8 Å². The van der Waals surface area contributed by atoms with Crippen LogP contribution in [0.15, 0.2) is 0 Å². The van der Waals surface area contributed by atoms with Crippen LogP contribution in [0.2, 0.25) is 0 Å². The second kappa shape index (κ2) is 29.5. The van der Waals surface area contributed by atoms with Crippen molar-refractivity contribution in [3.8, 4) is 0 Å². The number of nitrogens with zero attached hydrogens (tertiary/aromatic N) is 4. The van der Waals surface area contributed by atoms with Gasteiger partial charge in [-0.3, -0.25) is 10.0 Å². The first-order valence-electron chi connectivity index (χ1n) is 17.1. The van der Waals surface area contributed by atoms with Gasteiger partial charge in [0.2, 0.25) is 0 Å². The molecular weight excluding hydrogens is 1090 g/mol. The molecule has 2 N–H and O–H groups in total. The molecule has 8 nitrogen and oxygen atoms in total. The van der Waals surface area contributed by atoms with Crippen molar-refractivity contribution in [3.05, 3.63) is 56.7 Å². The molecule has 52 heavy (non-hydrogen) atoms. The quantitative estimate of drug-likeness (QED) is 0.166. The summed E-state index contributed by atoms with van der Waals surface area (Å²) in [5.41, 5.74) is 0. The van der Waals surface area contributed by atoms with Gasteiger partial charge in [0.25, 0.3) is 0 Å². The van der Waals surface area contributed by atoms with E-state index in [0.29, 0.717) is 41.2 Å². The third-order valence-electron chi connectivity index (χ3n) is 7.95. The monoisotopic (exact) mass is 1170 g/mol. The second-order valence-corrected chi connectivity index (χ2v) is 39.3. The minimum Gasteiger partial charge on any atom is -0.539 e. The fourth-order valence-corrected chi connectivity index (χ4v) is 35.8. The van der Waals surface area contributed by atoms with Gasteiger partial charge in [-0.05, 0) is 176 Å². The molecule has 0 spiro atoms. The van der Waals surface area contributed by atoms with Crippen LogP contribution >= 0.6 is 31.7 Å². The maximum atomic E-state index is 8.22. The molecule has 0 aromatic carbocycles. The van der Waals surface area contributed by atoms with Gasteiger partial charge < -0.3 is 10.4 Å². The van der Waals surface area contributed by atoms with E-state index in [2.05, 4.69) is 166 Å². The van der Waals surface area contributed by atoms with E-state index in [9.17, 15) is 0 Å². The summed E-state index contributed by atoms with van der Waals surface area (Å²) in [4.78, 5) is 0. The predicted octanol–water partition coefficient (Wildman–Crippen LogP) is 14.5. The van der Waals surface area contributed by atoms with Gasteiger partial charge in [0.15, 0.2) is 11.8 Å². The molecular formula is C38H82N4O4P4Pt2+2. The molecule has 0 radical (unpaired) electrons. The molecule has 0 unspecified atom stereocenters. The fourth-order valence-electron chi connectivity index (χ4n) is 6.97. The van der Waals surface area contributed by atoms with Crippen LogP contribution in [0.25, 0.3) is 20.0 Å². The Labute approximate surface area is 357 Å². The zero-order valence-corrected chi connectivity index (χ0v) is 46.1. The Hall–Kier alpha value is 0.257. The van der Waals surface area contributed by atoms with E-state index in [-0.39, 0.29) is 42.1 Å². The first-order valence-corrected chi connectivity index (χ1v) is 23.9. The molecule has 0 rings (SSSR count). The van der Waals surface area contributed by atoms with Crippen LogP contribution in [0.1, 0.15) is 166 Å². The van der Waals surface area contributed by atoms with Crippen LogP contribution in [-0.4, -0.2) is 63.5 Å². The second-order valence-electron chi connectivity index (χ2n) is 20.7. The molecule has 0 saturated carbocycles. The van der Waals surface area contributed by atoms with Crippen molar-refractivity contribution in [2.75, 3.05) is 11.8 Å². The van der Waals surface area contributed by atoms with Crippen molar-refractivity contribution < 1.29 is 52.5 Å². The molecule has 0 heterocycles. The molecule has 14 heteroatoms. The third kappa shape index (κ3) is 38.5. The minimum atomic E-state index is -0.394. The smallest absolute Gasteiger partial charge is 0.157 e. The number of hydrogen-bond acceptors (Lipinski definition) is 4. The van der Waals surface area contributed by atoms with Gasteiger partial charge in [0.05, 0.1) is 41.2 Å². The van der Waals surface area contributed by atoms with Crippen molar-refractivity contribution in [2.45, 2.75) is 207 Å². The summed E-state index contributed by atoms with van der Waals surface area (Å²) in [6, 6.07) is 0. The predicted molar refractivity (Wildman–Crippen MR) is 238 cm³/mol. The van der Waals surface area contributed by atoms with Crippen LogP contribution in [0, 0.1) is 36.7 Å². The van der Waals surface area contributed by atoms with E-state index < -0.39 is 31.7 Å². The van der Waals surface area contributed by atoms with E-state index in [4.69, 9.17) is 47.1 Å². The van der Waals surface area contributed by atoms with Gasteiger partial charge in [0.1, 0.15) is 0 Å². The maximum Gasteiger partial charge on any atom is 0.157 e. The summed E-state index contributed by atoms with van der Waals surface area (Å²) in [7, 11) is -1.58. The number of rotatable bonds is 4. The average molecular weight is 1170 g/mol. The normalized spacial score (nSPS) is 11.8. The molecule has 0 aromatic rings. The Balaban J connectivity index is -0.0000000920. The van der Waals surface area contributed by atoms with E-state index >= 15 is 0 Å². The van der Waals surface area contributed by atoms with Gasteiger partial charge in [-0.1, -0.05) is 0 Å². The SMILES string of the molecule is CC(C)(C)[PH+](C[PH+](C(C)(C)C)C(C)(C)C)C(C)(C)C.CC(C)(C)[PH+](C[PH+](C(C)(C)C)C(C)(C)C)C(C)(C)C.[C-]#[N+]O.[C-]#[N+]O.[C-]#[N+][O-].[C-]#[N+][O-].[Pt].[Pt]. The summed E-state index contributed by atoms with van der Waals surface area (Å²) < 4.78 is 0. The molecule has 0 atom stereocenters. The Morgan fingerprint density at radius 2 is 0.404 bits per heavy atom. The Morgan fingerprint density at radius 1 is 0.346 bits per heavy atom. The van der Waals surface area contributed by atoms with Crippen molar-refractivity contribution in [2.24, 2.45) is 0 Å². The molecule has 0 aromatic heterocycles. The molecule has 0 bridgehead atoms. The van der Waals surface area contributed by atoms with Gasteiger partial charge in [-0.25, -0.2) is 23.6 Å². The topological polar surface area (TPSA) is 104 Å². The molecule has 0 amide bonds. The summed E-state index contributed by atoms with van der Waals surface area (Å²) >= 11 is 0. The number of hydrogen-bond donors (Lipinski definition) is 2. The van der Waals surface area contributed by atoms with Crippen molar-refractivity contribution in [1.29, 1.82) is 0 Å². The Kier molecular flexibility index (Phi) is 39.8. The van der Waals surface area contributed by atoms with Crippen molar-refractivity contribution in [1.82, 2.24) is 0 Å². The van der Waals surface area contributed by atoms with Gasteiger partial charge in [-0.2, -0.15) is 13.1 Å². The van der Waals surface area contributed by atoms with Crippen LogP contribution in [0.5, 0.6) is 0 Å². The Morgan fingerprint density at radius 3 is 0.442 bits per heavy atom. The van der Waals surface area contributed by atoms with E-state index in [0.717, 1.165) is 0 Å². The van der Waals surface area contributed by atoms with Gasteiger partial charge >= 0.3 is 0 Å². The Bertz CT molecular complexity index is 836. The standard InChI is InChI=1S/2C17H38P2.2CHNO.2CNO.2Pt/c2*1-14(2,3)18(15(4,5)6)13-19(16(7,8)9)17(10,11)12;4*1-2-3;;/h2*13H2,1-12H3;2*3H;;;;/q;;;;2*-1;;/p+4. The first-order chi connectivity index (χ1) is 21.6. The van der Waals surface area contributed by atoms with Crippen LogP contribution in [0.3, 0.4) is 0 Å². The summed E-state index contributed by atoms with van der Waals surface area (Å²) in [6.07, 6.45) is 0.